The molecule has 1 aliphatic rings. The summed E-state index contributed by atoms with van der Waals surface area (Å²) in [5.74, 6) is 0.849. The molecule has 5 heteroatoms. The standard InChI is InChI=1S/C12H22N2O2S/c1-5-9(7-17-4)13-10-6-11(15)14(8(2)3)12(10)16/h8-10,13H,5-7H2,1-4H3. The van der Waals surface area contributed by atoms with Crippen LogP contribution in [0, 0.1) is 0 Å². The number of imide groups is 1. The fourth-order valence-electron chi connectivity index (χ4n) is 2.09. The summed E-state index contributed by atoms with van der Waals surface area (Å²) in [5.41, 5.74) is 0. The van der Waals surface area contributed by atoms with Crippen LogP contribution in [0.3, 0.4) is 0 Å². The molecular weight excluding hydrogens is 236 g/mol. The maximum atomic E-state index is 12.0. The van der Waals surface area contributed by atoms with Crippen LogP contribution in [0.5, 0.6) is 0 Å². The topological polar surface area (TPSA) is 49.4 Å². The van der Waals surface area contributed by atoms with Crippen LogP contribution in [-0.2, 0) is 9.59 Å². The molecule has 17 heavy (non-hydrogen) atoms. The zero-order chi connectivity index (χ0) is 13.0. The summed E-state index contributed by atoms with van der Waals surface area (Å²) in [6.07, 6.45) is 3.33. The maximum Gasteiger partial charge on any atom is 0.247 e. The number of thioether (sulfide) groups is 1. The zero-order valence-corrected chi connectivity index (χ0v) is 11.8. The number of rotatable bonds is 6. The van der Waals surface area contributed by atoms with Gasteiger partial charge in [-0.3, -0.25) is 14.5 Å². The third-order valence-electron chi connectivity index (χ3n) is 3.00. The molecule has 0 aromatic rings. The SMILES string of the molecule is CCC(CSC)NC1CC(=O)N(C(C)C)C1=O. The molecule has 0 radical (unpaired) electrons. The second-order valence-electron chi connectivity index (χ2n) is 4.68. The van der Waals surface area contributed by atoms with Gasteiger partial charge in [-0.15, -0.1) is 0 Å². The summed E-state index contributed by atoms with van der Waals surface area (Å²) in [5, 5.41) is 3.30. The average molecular weight is 258 g/mol. The Hall–Kier alpha value is -0.550. The first kappa shape index (κ1) is 14.5. The van der Waals surface area contributed by atoms with Crippen LogP contribution < -0.4 is 5.32 Å². The fraction of sp³-hybridized carbons (Fsp3) is 0.833. The fourth-order valence-corrected chi connectivity index (χ4v) is 2.83. The van der Waals surface area contributed by atoms with Crippen molar-refractivity contribution in [3.8, 4) is 0 Å². The van der Waals surface area contributed by atoms with Crippen molar-refractivity contribution in [2.75, 3.05) is 12.0 Å². The molecule has 2 amide bonds. The Kier molecular flexibility index (Phi) is 5.46. The Morgan fingerprint density at radius 1 is 1.47 bits per heavy atom. The van der Waals surface area contributed by atoms with Crippen LogP contribution in [0.2, 0.25) is 0 Å². The highest BCUT2D eigenvalue weighted by Gasteiger charge is 2.40. The van der Waals surface area contributed by atoms with E-state index in [0.717, 1.165) is 12.2 Å². The Labute approximate surface area is 108 Å². The van der Waals surface area contributed by atoms with Crippen LogP contribution in [0.4, 0.5) is 0 Å². The van der Waals surface area contributed by atoms with Crippen LogP contribution >= 0.6 is 11.8 Å². The van der Waals surface area contributed by atoms with E-state index in [4.69, 9.17) is 0 Å². The van der Waals surface area contributed by atoms with Gasteiger partial charge < -0.3 is 5.32 Å². The van der Waals surface area contributed by atoms with Crippen molar-refractivity contribution in [2.45, 2.75) is 51.7 Å². The van der Waals surface area contributed by atoms with Crippen molar-refractivity contribution < 1.29 is 9.59 Å². The smallest absolute Gasteiger partial charge is 0.247 e. The molecule has 4 nitrogen and oxygen atoms in total. The summed E-state index contributed by atoms with van der Waals surface area (Å²) < 4.78 is 0. The Balaban J connectivity index is 2.62. The minimum absolute atomic E-state index is 0.0394. The number of hydrogen-bond acceptors (Lipinski definition) is 4. The molecule has 1 aliphatic heterocycles. The van der Waals surface area contributed by atoms with Gasteiger partial charge in [-0.25, -0.2) is 0 Å². The Morgan fingerprint density at radius 3 is 2.53 bits per heavy atom. The van der Waals surface area contributed by atoms with Gasteiger partial charge in [0.1, 0.15) is 0 Å². The van der Waals surface area contributed by atoms with Crippen molar-refractivity contribution >= 4 is 23.6 Å². The first-order valence-corrected chi connectivity index (χ1v) is 7.51. The van der Waals surface area contributed by atoms with Gasteiger partial charge in [0.05, 0.1) is 12.5 Å². The van der Waals surface area contributed by atoms with E-state index in [1.165, 1.54) is 4.90 Å². The molecule has 0 aromatic carbocycles. The molecule has 1 rings (SSSR count). The van der Waals surface area contributed by atoms with Crippen LogP contribution in [0.15, 0.2) is 0 Å². The molecule has 0 aromatic heterocycles. The van der Waals surface area contributed by atoms with Gasteiger partial charge in [-0.1, -0.05) is 6.92 Å². The van der Waals surface area contributed by atoms with Crippen molar-refractivity contribution in [1.29, 1.82) is 0 Å². The third kappa shape index (κ3) is 3.45. The number of amides is 2. The summed E-state index contributed by atoms with van der Waals surface area (Å²) in [4.78, 5) is 25.2. The maximum absolute atomic E-state index is 12.0. The quantitative estimate of drug-likeness (QED) is 0.729. The van der Waals surface area contributed by atoms with E-state index in [1.54, 1.807) is 11.8 Å². The Morgan fingerprint density at radius 2 is 2.12 bits per heavy atom. The van der Waals surface area contributed by atoms with Gasteiger partial charge in [0.2, 0.25) is 11.8 Å². The highest BCUT2D eigenvalue weighted by Crippen LogP contribution is 2.17. The molecule has 2 atom stereocenters. The lowest BCUT2D eigenvalue weighted by molar-refractivity contribution is -0.140. The van der Waals surface area contributed by atoms with Crippen molar-refractivity contribution in [2.24, 2.45) is 0 Å². The summed E-state index contributed by atoms with van der Waals surface area (Å²) in [7, 11) is 0. The van der Waals surface area contributed by atoms with E-state index < -0.39 is 0 Å². The Bertz CT molecular complexity index is 294. The van der Waals surface area contributed by atoms with Crippen LogP contribution in [0.25, 0.3) is 0 Å². The van der Waals surface area contributed by atoms with E-state index in [2.05, 4.69) is 12.2 Å². The normalized spacial score (nSPS) is 22.6. The number of nitrogens with one attached hydrogen (secondary N) is 1. The monoisotopic (exact) mass is 258 g/mol. The van der Waals surface area contributed by atoms with Crippen LogP contribution in [0.1, 0.15) is 33.6 Å². The van der Waals surface area contributed by atoms with Gasteiger partial charge in [0.25, 0.3) is 0 Å². The van der Waals surface area contributed by atoms with E-state index in [1.807, 2.05) is 20.1 Å². The predicted octanol–water partition coefficient (Wildman–Crippen LogP) is 1.25. The largest absolute Gasteiger partial charge is 0.302 e. The molecule has 1 heterocycles. The minimum Gasteiger partial charge on any atom is -0.302 e. The lowest BCUT2D eigenvalue weighted by Crippen LogP contribution is -2.46. The van der Waals surface area contributed by atoms with Crippen molar-refractivity contribution in [3.63, 3.8) is 0 Å². The summed E-state index contributed by atoms with van der Waals surface area (Å²) in [6, 6.07) is -0.0525. The molecule has 1 N–H and O–H groups in total. The van der Waals surface area contributed by atoms with Crippen molar-refractivity contribution in [1.82, 2.24) is 10.2 Å². The molecule has 0 bridgehead atoms. The number of nitrogens with zero attached hydrogens (tertiary/aromatic N) is 1. The van der Waals surface area contributed by atoms with Crippen molar-refractivity contribution in [3.05, 3.63) is 0 Å². The van der Waals surface area contributed by atoms with E-state index in [-0.39, 0.29) is 23.9 Å². The third-order valence-corrected chi connectivity index (χ3v) is 3.73. The minimum atomic E-state index is -0.318. The zero-order valence-electron chi connectivity index (χ0n) is 11.0. The van der Waals surface area contributed by atoms with E-state index >= 15 is 0 Å². The molecule has 1 saturated heterocycles. The molecule has 0 saturated carbocycles. The molecular formula is C12H22N2O2S. The lowest BCUT2D eigenvalue weighted by Gasteiger charge is -2.22. The molecule has 98 valence electrons. The number of hydrogen-bond donors (Lipinski definition) is 1. The highest BCUT2D eigenvalue weighted by molar-refractivity contribution is 7.98. The second kappa shape index (κ2) is 6.40. The molecule has 0 spiro atoms. The second-order valence-corrected chi connectivity index (χ2v) is 5.59. The lowest BCUT2D eigenvalue weighted by atomic mass is 10.2. The van der Waals surface area contributed by atoms with E-state index in [9.17, 15) is 9.59 Å². The molecule has 2 unspecified atom stereocenters. The van der Waals surface area contributed by atoms with Gasteiger partial charge in [0, 0.05) is 17.8 Å². The summed E-state index contributed by atoms with van der Waals surface area (Å²) >= 11 is 1.75. The van der Waals surface area contributed by atoms with Gasteiger partial charge >= 0.3 is 0 Å². The van der Waals surface area contributed by atoms with E-state index in [0.29, 0.717) is 12.5 Å². The first-order chi connectivity index (χ1) is 8.01. The number of carbonyl (C=O) groups is 2. The number of carbonyl (C=O) groups excluding carboxylic acids is 2. The predicted molar refractivity (Wildman–Crippen MR) is 71.0 cm³/mol. The average Bonchev–Trinajstić information content (AvgIpc) is 2.53. The molecule has 1 fully saturated rings. The first-order valence-electron chi connectivity index (χ1n) is 6.12. The van der Waals surface area contributed by atoms with Gasteiger partial charge in [-0.2, -0.15) is 11.8 Å². The molecule has 0 aliphatic carbocycles. The highest BCUT2D eigenvalue weighted by atomic mass is 32.2. The van der Waals surface area contributed by atoms with Gasteiger partial charge in [0.15, 0.2) is 0 Å². The van der Waals surface area contributed by atoms with Crippen LogP contribution in [-0.4, -0.2) is 46.8 Å². The number of likely N-dealkylation sites (tertiary alicyclic amines) is 1. The summed E-state index contributed by atoms with van der Waals surface area (Å²) in [6.45, 7) is 5.84. The van der Waals surface area contributed by atoms with Gasteiger partial charge in [-0.05, 0) is 26.5 Å².